The number of nitrogens with one attached hydrogen (secondary N) is 1. The lowest BCUT2D eigenvalue weighted by molar-refractivity contribution is 0.551. The number of pyridine rings is 2. The first-order valence-corrected chi connectivity index (χ1v) is 14.1. The van der Waals surface area contributed by atoms with Gasteiger partial charge in [0.1, 0.15) is 10.5 Å². The van der Waals surface area contributed by atoms with Crippen molar-refractivity contribution in [2.24, 2.45) is 0 Å². The summed E-state index contributed by atoms with van der Waals surface area (Å²) in [7, 11) is -4.93. The van der Waals surface area contributed by atoms with E-state index in [4.69, 9.17) is 0 Å². The van der Waals surface area contributed by atoms with Crippen LogP contribution >= 0.6 is 0 Å². The molecule has 194 valence electrons. The van der Waals surface area contributed by atoms with E-state index in [0.29, 0.717) is 51.5 Å². The van der Waals surface area contributed by atoms with Crippen LogP contribution in [0.1, 0.15) is 50.7 Å². The first-order chi connectivity index (χ1) is 18.3. The number of halogens is 1. The molecule has 38 heavy (non-hydrogen) atoms. The highest BCUT2D eigenvalue weighted by Crippen LogP contribution is 2.33. The van der Waals surface area contributed by atoms with Crippen LogP contribution in [0.5, 0.6) is 0 Å². The molecular weight excluding hydrogens is 503 g/mol. The second-order valence-corrected chi connectivity index (χ2v) is 10.9. The molecule has 0 bridgehead atoms. The van der Waals surface area contributed by atoms with E-state index in [0.717, 1.165) is 48.4 Å². The quantitative estimate of drug-likeness (QED) is 0.235. The Hall–Kier alpha value is -4.03. The Morgan fingerprint density at radius 3 is 2.55 bits per heavy atom. The van der Waals surface area contributed by atoms with Crippen LogP contribution in [0.25, 0.3) is 44.0 Å². The average Bonchev–Trinajstić information content (AvgIpc) is 3.30. The van der Waals surface area contributed by atoms with Crippen molar-refractivity contribution in [2.45, 2.75) is 57.4 Å². The summed E-state index contributed by atoms with van der Waals surface area (Å²) < 4.78 is 39.1. The van der Waals surface area contributed by atoms with Crippen LogP contribution in [-0.4, -0.2) is 23.0 Å². The van der Waals surface area contributed by atoms with Gasteiger partial charge in [0.05, 0.1) is 22.5 Å². The largest absolute Gasteiger partial charge is 0.340 e. The molecule has 1 N–H and O–H groups in total. The van der Waals surface area contributed by atoms with E-state index in [1.54, 1.807) is 12.1 Å². The van der Waals surface area contributed by atoms with Crippen molar-refractivity contribution in [2.75, 3.05) is 0 Å². The lowest BCUT2D eigenvalue weighted by Gasteiger charge is -2.17. The number of unbranched alkanes of at least 4 members (excludes halogenated alkanes) is 2. The van der Waals surface area contributed by atoms with Crippen molar-refractivity contribution in [3.8, 4) is 17.2 Å². The van der Waals surface area contributed by atoms with E-state index in [9.17, 15) is 22.4 Å². The summed E-state index contributed by atoms with van der Waals surface area (Å²) in [5, 5.41) is 11.3. The first-order valence-electron chi connectivity index (χ1n) is 12.7. The molecule has 0 saturated carbocycles. The maximum Gasteiger partial charge on any atom is 0.333 e. The number of hydrogen-bond acceptors (Lipinski definition) is 5. The summed E-state index contributed by atoms with van der Waals surface area (Å²) in [6.07, 6.45) is 6.78. The first kappa shape index (κ1) is 25.6. The molecule has 0 aliphatic carbocycles. The number of nitriles is 1. The van der Waals surface area contributed by atoms with Crippen molar-refractivity contribution in [1.82, 2.24) is 14.5 Å². The van der Waals surface area contributed by atoms with Crippen LogP contribution in [0.2, 0.25) is 0 Å². The zero-order valence-electron chi connectivity index (χ0n) is 21.2. The summed E-state index contributed by atoms with van der Waals surface area (Å²) in [5.74, 6) is 0. The fourth-order valence-electron chi connectivity index (χ4n) is 5.07. The Morgan fingerprint density at radius 2 is 1.84 bits per heavy atom. The van der Waals surface area contributed by atoms with E-state index < -0.39 is 15.1 Å². The minimum atomic E-state index is -4.93. The van der Waals surface area contributed by atoms with E-state index in [-0.39, 0.29) is 5.43 Å². The van der Waals surface area contributed by atoms with Crippen molar-refractivity contribution >= 4 is 43.1 Å². The Labute approximate surface area is 219 Å². The molecule has 7 nitrogen and oxygen atoms in total. The SMILES string of the molecule is CCCCc1cc2c(=O)c3c4ccc(C#N)cc4[nH]c3n(CCCC)c2cc1-c1cncc(S(=O)(=O)F)c1. The third-order valence-corrected chi connectivity index (χ3v) is 7.79. The van der Waals surface area contributed by atoms with Gasteiger partial charge in [-0.05, 0) is 60.7 Å². The van der Waals surface area contributed by atoms with Gasteiger partial charge < -0.3 is 9.55 Å². The Balaban J connectivity index is 1.89. The molecule has 3 aromatic heterocycles. The van der Waals surface area contributed by atoms with Gasteiger partial charge in [0.2, 0.25) is 0 Å². The standard InChI is InChI=1S/C29H27FN4O3S/c1-3-5-7-19-13-24-26(14-23(19)20-12-21(17-32-16-20)38(30,36)37)34(10-6-4-2)29-27(28(24)35)22-9-8-18(15-31)11-25(22)33-29/h8-9,11-14,16-17,33H,3-7,10H2,1-2H3. The van der Waals surface area contributed by atoms with Crippen LogP contribution in [0.4, 0.5) is 3.89 Å². The number of aromatic amines is 1. The van der Waals surface area contributed by atoms with Crippen LogP contribution in [-0.2, 0) is 23.2 Å². The molecule has 5 rings (SSSR count). The number of benzene rings is 2. The highest BCUT2D eigenvalue weighted by atomic mass is 32.3. The molecule has 3 heterocycles. The minimum Gasteiger partial charge on any atom is -0.340 e. The van der Waals surface area contributed by atoms with Crippen LogP contribution < -0.4 is 5.43 Å². The number of aryl methyl sites for hydroxylation is 2. The summed E-state index contributed by atoms with van der Waals surface area (Å²) >= 11 is 0. The Bertz CT molecular complexity index is 1920. The second kappa shape index (κ2) is 10.0. The lowest BCUT2D eigenvalue weighted by Crippen LogP contribution is -2.12. The van der Waals surface area contributed by atoms with E-state index in [1.807, 2.05) is 18.2 Å². The highest BCUT2D eigenvalue weighted by Gasteiger charge is 2.20. The summed E-state index contributed by atoms with van der Waals surface area (Å²) in [4.78, 5) is 20.8. The topological polar surface area (TPSA) is 109 Å². The molecule has 0 atom stereocenters. The number of nitrogens with zero attached hydrogens (tertiary/aromatic N) is 3. The van der Waals surface area contributed by atoms with E-state index >= 15 is 0 Å². The lowest BCUT2D eigenvalue weighted by atomic mass is 9.94. The normalized spacial score (nSPS) is 11.9. The molecule has 9 heteroatoms. The predicted octanol–water partition coefficient (Wildman–Crippen LogP) is 6.37. The van der Waals surface area contributed by atoms with Crippen molar-refractivity contribution in [3.63, 3.8) is 0 Å². The maximum absolute atomic E-state index is 14.0. The monoisotopic (exact) mass is 530 g/mol. The van der Waals surface area contributed by atoms with Gasteiger partial charge >= 0.3 is 10.2 Å². The van der Waals surface area contributed by atoms with Crippen molar-refractivity contribution < 1.29 is 12.3 Å². The van der Waals surface area contributed by atoms with E-state index in [2.05, 4.69) is 34.5 Å². The molecule has 0 unspecified atom stereocenters. The molecule has 0 aliphatic heterocycles. The van der Waals surface area contributed by atoms with Gasteiger partial charge in [-0.15, -0.1) is 3.89 Å². The summed E-state index contributed by atoms with van der Waals surface area (Å²) in [6.45, 7) is 4.81. The van der Waals surface area contributed by atoms with Crippen molar-refractivity contribution in [1.29, 1.82) is 5.26 Å². The predicted molar refractivity (Wildman–Crippen MR) is 147 cm³/mol. The average molecular weight is 531 g/mol. The maximum atomic E-state index is 14.0. The Kier molecular flexibility index (Phi) is 6.76. The molecule has 2 aromatic carbocycles. The zero-order valence-corrected chi connectivity index (χ0v) is 22.0. The van der Waals surface area contributed by atoms with Gasteiger partial charge in [0.25, 0.3) is 0 Å². The molecule has 0 spiro atoms. The third kappa shape index (κ3) is 4.45. The van der Waals surface area contributed by atoms with E-state index in [1.165, 1.54) is 12.3 Å². The molecule has 0 saturated heterocycles. The number of H-pyrrole nitrogens is 1. The van der Waals surface area contributed by atoms with Gasteiger partial charge in [-0.1, -0.05) is 32.8 Å². The number of fused-ring (bicyclic) bond motifs is 4. The fraction of sp³-hybridized carbons (Fsp3) is 0.276. The van der Waals surface area contributed by atoms with Gasteiger partial charge in [-0.2, -0.15) is 13.7 Å². The van der Waals surface area contributed by atoms with Crippen LogP contribution in [0.3, 0.4) is 0 Å². The number of rotatable bonds is 8. The van der Waals surface area contributed by atoms with Crippen molar-refractivity contribution in [3.05, 3.63) is 70.1 Å². The molecule has 0 amide bonds. The molecular formula is C29H27FN4O3S. The number of hydrogen-bond donors (Lipinski definition) is 1. The highest BCUT2D eigenvalue weighted by molar-refractivity contribution is 7.86. The minimum absolute atomic E-state index is 0.110. The fourth-order valence-corrected chi connectivity index (χ4v) is 5.52. The second-order valence-electron chi connectivity index (χ2n) is 9.53. The van der Waals surface area contributed by atoms with Gasteiger partial charge in [0.15, 0.2) is 5.43 Å². The molecule has 0 radical (unpaired) electrons. The van der Waals surface area contributed by atoms with Crippen LogP contribution in [0.15, 0.2) is 58.5 Å². The smallest absolute Gasteiger partial charge is 0.333 e. The summed E-state index contributed by atoms with van der Waals surface area (Å²) in [5.41, 5.74) is 4.55. The summed E-state index contributed by atoms with van der Waals surface area (Å²) in [6, 6.07) is 12.5. The van der Waals surface area contributed by atoms with Gasteiger partial charge in [0, 0.05) is 40.8 Å². The zero-order chi connectivity index (χ0) is 27.0. The van der Waals surface area contributed by atoms with Gasteiger partial charge in [-0.3, -0.25) is 9.78 Å². The third-order valence-electron chi connectivity index (χ3n) is 7.00. The number of aromatic nitrogens is 3. The van der Waals surface area contributed by atoms with Gasteiger partial charge in [-0.25, -0.2) is 0 Å². The molecule has 0 aliphatic rings. The molecule has 5 aromatic rings. The van der Waals surface area contributed by atoms with Crippen LogP contribution in [0, 0.1) is 11.3 Å². The molecule has 0 fully saturated rings. The Morgan fingerprint density at radius 1 is 1.05 bits per heavy atom.